The van der Waals surface area contributed by atoms with Crippen LogP contribution in [-0.4, -0.2) is 52.5 Å². The Morgan fingerprint density at radius 1 is 1.19 bits per heavy atom. The minimum atomic E-state index is -0.00648. The molecule has 0 bridgehead atoms. The molecule has 2 aliphatic heterocycles. The van der Waals surface area contributed by atoms with Gasteiger partial charge in [0.05, 0.1) is 11.4 Å². The number of rotatable bonds is 4. The van der Waals surface area contributed by atoms with Gasteiger partial charge < -0.3 is 15.2 Å². The highest BCUT2D eigenvalue weighted by atomic mass is 16.2. The lowest BCUT2D eigenvalue weighted by Gasteiger charge is -2.33. The molecule has 0 radical (unpaired) electrons. The summed E-state index contributed by atoms with van der Waals surface area (Å²) in [7, 11) is 1.89. The number of nitrogens with one attached hydrogen (secondary N) is 4. The highest BCUT2D eigenvalue weighted by Gasteiger charge is 2.43. The van der Waals surface area contributed by atoms with E-state index >= 15 is 0 Å². The van der Waals surface area contributed by atoms with E-state index in [9.17, 15) is 9.59 Å². The molecule has 3 aliphatic rings. The molecule has 3 fully saturated rings. The van der Waals surface area contributed by atoms with Crippen LogP contribution in [0.1, 0.15) is 70.7 Å². The number of hydrazine groups is 1. The zero-order chi connectivity index (χ0) is 26.2. The number of aromatic amines is 1. The van der Waals surface area contributed by atoms with Gasteiger partial charge in [-0.25, -0.2) is 10.4 Å². The molecule has 3 unspecified atom stereocenters. The maximum Gasteiger partial charge on any atom is 0.242 e. The average Bonchev–Trinajstić information content (AvgIpc) is 3.40. The van der Waals surface area contributed by atoms with E-state index in [0.717, 1.165) is 68.6 Å². The number of nitrogens with zero attached hydrogens (tertiary/aromatic N) is 2. The third-order valence-corrected chi connectivity index (χ3v) is 7.13. The fraction of sp³-hybridized carbons (Fsp3) is 0.607. The number of pyridine rings is 2. The smallest absolute Gasteiger partial charge is 0.242 e. The second-order valence-corrected chi connectivity index (χ2v) is 9.74. The molecule has 2 aromatic heterocycles. The van der Waals surface area contributed by atoms with Gasteiger partial charge in [-0.15, -0.1) is 0 Å². The molecule has 8 heteroatoms. The largest absolute Gasteiger partial charge is 0.362 e. The average molecular weight is 497 g/mol. The van der Waals surface area contributed by atoms with Crippen molar-refractivity contribution in [2.45, 2.75) is 90.8 Å². The van der Waals surface area contributed by atoms with Gasteiger partial charge >= 0.3 is 0 Å². The van der Waals surface area contributed by atoms with Crippen LogP contribution in [0.2, 0.25) is 0 Å². The monoisotopic (exact) mass is 496 g/mol. The number of amides is 1. The van der Waals surface area contributed by atoms with Gasteiger partial charge in [-0.3, -0.25) is 15.0 Å². The number of fused-ring (bicyclic) bond motifs is 3. The topological polar surface area (TPSA) is 102 Å². The van der Waals surface area contributed by atoms with Gasteiger partial charge in [-0.2, -0.15) is 0 Å². The van der Waals surface area contributed by atoms with E-state index in [2.05, 4.69) is 44.5 Å². The van der Waals surface area contributed by atoms with Crippen LogP contribution >= 0.6 is 0 Å². The van der Waals surface area contributed by atoms with Gasteiger partial charge in [0.15, 0.2) is 5.43 Å². The Kier molecular flexibility index (Phi) is 10.1. The molecule has 5 rings (SSSR count). The first-order valence-corrected chi connectivity index (χ1v) is 13.6. The Bertz CT molecular complexity index is 1100. The van der Waals surface area contributed by atoms with E-state index < -0.39 is 0 Å². The van der Waals surface area contributed by atoms with Crippen molar-refractivity contribution < 1.29 is 4.79 Å². The van der Waals surface area contributed by atoms with Crippen LogP contribution < -0.4 is 21.6 Å². The number of aryl methyl sites for hydroxylation is 2. The number of carbonyl (C=O) groups excluding carboxylic acids is 1. The molecule has 4 N–H and O–H groups in total. The molecular formula is C28H44N6O2. The zero-order valence-electron chi connectivity index (χ0n) is 22.6. The van der Waals surface area contributed by atoms with Crippen molar-refractivity contribution in [2.75, 3.05) is 13.6 Å². The minimum absolute atomic E-state index is 0.00648. The summed E-state index contributed by atoms with van der Waals surface area (Å²) < 4.78 is 0. The van der Waals surface area contributed by atoms with Crippen LogP contribution in [0.5, 0.6) is 0 Å². The summed E-state index contributed by atoms with van der Waals surface area (Å²) in [5.74, 6) is 0.877. The summed E-state index contributed by atoms with van der Waals surface area (Å²) >= 11 is 0. The quantitative estimate of drug-likeness (QED) is 0.483. The number of aromatic nitrogens is 2. The summed E-state index contributed by atoms with van der Waals surface area (Å²) in [5.41, 5.74) is 10.0. The normalized spacial score (nSPS) is 25.0. The molecule has 0 aromatic carbocycles. The lowest BCUT2D eigenvalue weighted by molar-refractivity contribution is -0.125. The molecule has 198 valence electrons. The lowest BCUT2D eigenvalue weighted by Crippen LogP contribution is -2.50. The first-order valence-electron chi connectivity index (χ1n) is 13.6. The zero-order valence-corrected chi connectivity index (χ0v) is 22.6. The van der Waals surface area contributed by atoms with Gasteiger partial charge in [0.1, 0.15) is 11.7 Å². The van der Waals surface area contributed by atoms with Crippen molar-refractivity contribution in [2.24, 2.45) is 5.92 Å². The van der Waals surface area contributed by atoms with Crippen LogP contribution in [0.25, 0.3) is 11.0 Å². The van der Waals surface area contributed by atoms with Gasteiger partial charge in [0, 0.05) is 35.7 Å². The van der Waals surface area contributed by atoms with Crippen molar-refractivity contribution in [1.29, 1.82) is 0 Å². The number of hydrogen-bond acceptors (Lipinski definition) is 6. The van der Waals surface area contributed by atoms with E-state index in [4.69, 9.17) is 0 Å². The summed E-state index contributed by atoms with van der Waals surface area (Å²) in [4.78, 5) is 33.8. The maximum absolute atomic E-state index is 12.3. The van der Waals surface area contributed by atoms with Crippen molar-refractivity contribution >= 4 is 16.9 Å². The molecule has 2 aromatic rings. The molecule has 1 aliphatic carbocycles. The Labute approximate surface area is 215 Å². The number of carbonyl (C=O) groups is 1. The molecule has 0 spiro atoms. The van der Waals surface area contributed by atoms with Crippen LogP contribution in [0.15, 0.2) is 35.3 Å². The molecule has 1 amide bonds. The molecule has 8 nitrogen and oxygen atoms in total. The third-order valence-electron chi connectivity index (χ3n) is 7.13. The van der Waals surface area contributed by atoms with Crippen LogP contribution in [0.3, 0.4) is 0 Å². The van der Waals surface area contributed by atoms with Crippen molar-refractivity contribution in [3.05, 3.63) is 52.1 Å². The lowest BCUT2D eigenvalue weighted by atomic mass is 10.0. The Morgan fingerprint density at radius 3 is 2.69 bits per heavy atom. The molecule has 4 heterocycles. The Hall–Kier alpha value is -2.71. The molecular weight excluding hydrogens is 452 g/mol. The summed E-state index contributed by atoms with van der Waals surface area (Å²) in [5, 5.41) is 3.87. The number of hydrogen-bond donors (Lipinski definition) is 4. The SMILES string of the molecule is C=C1C(NNC)CC[C@@H]2CC2NC(=O)C2CCCN12.CC.CCCc1cc(=O)c2ccc(C)nc2[nH]1. The van der Waals surface area contributed by atoms with E-state index in [1.165, 1.54) is 0 Å². The predicted octanol–water partition coefficient (Wildman–Crippen LogP) is 3.57. The van der Waals surface area contributed by atoms with Crippen LogP contribution in [0, 0.1) is 12.8 Å². The second-order valence-electron chi connectivity index (χ2n) is 9.74. The van der Waals surface area contributed by atoms with Crippen molar-refractivity contribution in [1.82, 2.24) is 31.0 Å². The van der Waals surface area contributed by atoms with E-state index in [1.54, 1.807) is 6.07 Å². The molecule has 2 saturated heterocycles. The molecule has 36 heavy (non-hydrogen) atoms. The highest BCUT2D eigenvalue weighted by Crippen LogP contribution is 2.37. The first kappa shape index (κ1) is 27.9. The molecule has 4 atom stereocenters. The van der Waals surface area contributed by atoms with E-state index in [1.807, 2.05) is 40.0 Å². The van der Waals surface area contributed by atoms with Gasteiger partial charge in [0.2, 0.25) is 5.91 Å². The van der Waals surface area contributed by atoms with E-state index in [-0.39, 0.29) is 23.4 Å². The highest BCUT2D eigenvalue weighted by molar-refractivity contribution is 5.83. The predicted molar refractivity (Wildman–Crippen MR) is 147 cm³/mol. The summed E-state index contributed by atoms with van der Waals surface area (Å²) in [6.45, 7) is 13.2. The van der Waals surface area contributed by atoms with Crippen molar-refractivity contribution in [3.8, 4) is 0 Å². The fourth-order valence-corrected chi connectivity index (χ4v) is 5.16. The second kappa shape index (κ2) is 13.0. The van der Waals surface area contributed by atoms with Gasteiger partial charge in [-0.1, -0.05) is 33.8 Å². The fourth-order valence-electron chi connectivity index (χ4n) is 5.16. The van der Waals surface area contributed by atoms with Crippen molar-refractivity contribution in [3.63, 3.8) is 0 Å². The number of H-pyrrole nitrogens is 1. The Morgan fingerprint density at radius 2 is 1.97 bits per heavy atom. The third kappa shape index (κ3) is 6.73. The van der Waals surface area contributed by atoms with E-state index in [0.29, 0.717) is 23.0 Å². The summed E-state index contributed by atoms with van der Waals surface area (Å²) in [6.07, 6.45) is 7.33. The molecule has 1 saturated carbocycles. The van der Waals surface area contributed by atoms with Crippen LogP contribution in [0.4, 0.5) is 0 Å². The standard InChI is InChI=1S/C14H24N4O.C12H14N2O.C2H6/c1-9-11(17-15-2)6-5-10-8-12(10)16-14(19)13-4-3-7-18(9)13;1-3-4-9-7-11(15)10-6-5-8(2)13-12(10)14-9;1-2/h10-13,15,17H,1,3-8H2,2H3,(H,16,19);5-7H,3-4H2,1-2H3,(H,13,14,15);1-2H3/t10-,11?,12?,13?;;/m1../s1. The van der Waals surface area contributed by atoms with Gasteiger partial charge in [-0.05, 0) is 70.5 Å². The first-order chi connectivity index (χ1) is 17.4. The Balaban J connectivity index is 0.000000193. The maximum atomic E-state index is 12.3. The van der Waals surface area contributed by atoms with Gasteiger partial charge in [0.25, 0.3) is 0 Å². The summed E-state index contributed by atoms with van der Waals surface area (Å²) in [6, 6.07) is 6.01. The van der Waals surface area contributed by atoms with Crippen LogP contribution in [-0.2, 0) is 11.2 Å². The minimum Gasteiger partial charge on any atom is -0.362 e.